The number of carbonyl (C=O) groups excluding carboxylic acids is 1. The fraction of sp³-hybridized carbons (Fsp3) is 0.389. The molecule has 2 heterocycles. The highest BCUT2D eigenvalue weighted by molar-refractivity contribution is 6.31. The molecular formula is C18H21ClN4O3. The van der Waals surface area contributed by atoms with Gasteiger partial charge in [0, 0.05) is 44.5 Å². The van der Waals surface area contributed by atoms with Crippen molar-refractivity contribution in [1.29, 1.82) is 0 Å². The van der Waals surface area contributed by atoms with Crippen molar-refractivity contribution in [3.8, 4) is 11.6 Å². The van der Waals surface area contributed by atoms with Gasteiger partial charge in [0.1, 0.15) is 11.9 Å². The van der Waals surface area contributed by atoms with E-state index in [2.05, 4.69) is 9.97 Å². The minimum absolute atomic E-state index is 0.123. The predicted molar refractivity (Wildman–Crippen MR) is 99.3 cm³/mol. The largest absolute Gasteiger partial charge is 0.496 e. The summed E-state index contributed by atoms with van der Waals surface area (Å²) in [4.78, 5) is 25.0. The van der Waals surface area contributed by atoms with Crippen LogP contribution in [0.25, 0.3) is 0 Å². The number of aromatic nitrogens is 2. The summed E-state index contributed by atoms with van der Waals surface area (Å²) in [5.41, 5.74) is 0.453. The SMILES string of the molecule is COc1ccc(Cl)cc1C(=O)N1CCC(Oc2nccnc2N(C)C)C1. The van der Waals surface area contributed by atoms with E-state index in [0.29, 0.717) is 41.1 Å². The van der Waals surface area contributed by atoms with E-state index in [4.69, 9.17) is 21.1 Å². The number of amides is 1. The first-order chi connectivity index (χ1) is 12.5. The maximum absolute atomic E-state index is 12.8. The number of benzene rings is 1. The van der Waals surface area contributed by atoms with Crippen molar-refractivity contribution in [1.82, 2.24) is 14.9 Å². The first-order valence-electron chi connectivity index (χ1n) is 8.27. The van der Waals surface area contributed by atoms with E-state index in [9.17, 15) is 4.79 Å². The number of rotatable bonds is 5. The Morgan fingerprint density at radius 2 is 2.08 bits per heavy atom. The molecule has 0 spiro atoms. The fourth-order valence-electron chi connectivity index (χ4n) is 2.89. The number of methoxy groups -OCH3 is 1. The third kappa shape index (κ3) is 3.83. The molecule has 1 aliphatic heterocycles. The first-order valence-corrected chi connectivity index (χ1v) is 8.65. The van der Waals surface area contributed by atoms with E-state index >= 15 is 0 Å². The molecular weight excluding hydrogens is 356 g/mol. The van der Waals surface area contributed by atoms with Crippen LogP contribution in [0.3, 0.4) is 0 Å². The van der Waals surface area contributed by atoms with E-state index in [1.165, 1.54) is 7.11 Å². The van der Waals surface area contributed by atoms with Gasteiger partial charge < -0.3 is 19.3 Å². The van der Waals surface area contributed by atoms with Crippen LogP contribution in [0.1, 0.15) is 16.8 Å². The van der Waals surface area contributed by atoms with Gasteiger partial charge in [-0.25, -0.2) is 9.97 Å². The van der Waals surface area contributed by atoms with Crippen LogP contribution in [0.4, 0.5) is 5.82 Å². The molecule has 3 rings (SSSR count). The average Bonchev–Trinajstić information content (AvgIpc) is 3.10. The summed E-state index contributed by atoms with van der Waals surface area (Å²) in [6.07, 6.45) is 3.80. The normalized spacial score (nSPS) is 16.5. The number of likely N-dealkylation sites (tertiary alicyclic amines) is 1. The molecule has 1 atom stereocenters. The summed E-state index contributed by atoms with van der Waals surface area (Å²) in [7, 11) is 5.30. The molecule has 1 amide bonds. The van der Waals surface area contributed by atoms with E-state index in [1.807, 2.05) is 19.0 Å². The molecule has 0 bridgehead atoms. The second kappa shape index (κ2) is 7.78. The molecule has 1 aromatic carbocycles. The lowest BCUT2D eigenvalue weighted by Crippen LogP contribution is -2.31. The maximum Gasteiger partial charge on any atom is 0.257 e. The molecule has 138 valence electrons. The summed E-state index contributed by atoms with van der Waals surface area (Å²) in [6, 6.07) is 5.02. The minimum atomic E-state index is -0.139. The quantitative estimate of drug-likeness (QED) is 0.798. The highest BCUT2D eigenvalue weighted by Gasteiger charge is 2.30. The van der Waals surface area contributed by atoms with Gasteiger partial charge in [-0.3, -0.25) is 4.79 Å². The van der Waals surface area contributed by atoms with Gasteiger partial charge in [-0.2, -0.15) is 0 Å². The zero-order valence-corrected chi connectivity index (χ0v) is 15.7. The molecule has 1 saturated heterocycles. The van der Waals surface area contributed by atoms with E-state index < -0.39 is 0 Å². The minimum Gasteiger partial charge on any atom is -0.496 e. The van der Waals surface area contributed by atoms with Crippen molar-refractivity contribution >= 4 is 23.3 Å². The first kappa shape index (κ1) is 18.3. The molecule has 26 heavy (non-hydrogen) atoms. The van der Waals surface area contributed by atoms with Crippen molar-refractivity contribution in [3.63, 3.8) is 0 Å². The van der Waals surface area contributed by atoms with Crippen molar-refractivity contribution in [2.75, 3.05) is 39.2 Å². The van der Waals surface area contributed by atoms with Crippen molar-refractivity contribution in [2.45, 2.75) is 12.5 Å². The fourth-order valence-corrected chi connectivity index (χ4v) is 3.06. The Hall–Kier alpha value is -2.54. The van der Waals surface area contributed by atoms with E-state index in [0.717, 1.165) is 6.42 Å². The highest BCUT2D eigenvalue weighted by atomic mass is 35.5. The molecule has 2 aromatic rings. The van der Waals surface area contributed by atoms with Gasteiger partial charge in [-0.15, -0.1) is 0 Å². The van der Waals surface area contributed by atoms with Crippen molar-refractivity contribution in [2.24, 2.45) is 0 Å². The Morgan fingerprint density at radius 3 is 2.81 bits per heavy atom. The zero-order valence-electron chi connectivity index (χ0n) is 15.0. The molecule has 1 aromatic heterocycles. The van der Waals surface area contributed by atoms with Gasteiger partial charge in [-0.05, 0) is 18.2 Å². The van der Waals surface area contributed by atoms with E-state index in [-0.39, 0.29) is 12.0 Å². The Labute approximate surface area is 157 Å². The molecule has 7 nitrogen and oxygen atoms in total. The van der Waals surface area contributed by atoms with Crippen LogP contribution in [0.5, 0.6) is 11.6 Å². The summed E-state index contributed by atoms with van der Waals surface area (Å²) in [5.74, 6) is 1.51. The Balaban J connectivity index is 1.71. The Bertz CT molecular complexity index is 800. The van der Waals surface area contributed by atoms with Crippen LogP contribution >= 0.6 is 11.6 Å². The standard InChI is InChI=1S/C18H21ClN4O3/c1-22(2)16-17(21-8-7-20-16)26-13-6-9-23(11-13)18(24)14-10-12(19)4-5-15(14)25-3/h4-5,7-8,10,13H,6,9,11H2,1-3H3. The van der Waals surface area contributed by atoms with Gasteiger partial charge in [0.05, 0.1) is 19.2 Å². The Morgan fingerprint density at radius 1 is 1.31 bits per heavy atom. The molecule has 0 saturated carbocycles. The van der Waals surface area contributed by atoms with Gasteiger partial charge in [0.15, 0.2) is 5.82 Å². The predicted octanol–water partition coefficient (Wildman–Crippen LogP) is 2.50. The molecule has 0 aliphatic carbocycles. The summed E-state index contributed by atoms with van der Waals surface area (Å²) in [6.45, 7) is 1.06. The van der Waals surface area contributed by atoms with Crippen LogP contribution in [-0.4, -0.2) is 61.2 Å². The molecule has 1 unspecified atom stereocenters. The lowest BCUT2D eigenvalue weighted by molar-refractivity contribution is 0.0768. The van der Waals surface area contributed by atoms with Gasteiger partial charge in [0.2, 0.25) is 0 Å². The number of carbonyl (C=O) groups is 1. The third-order valence-electron chi connectivity index (χ3n) is 4.17. The van der Waals surface area contributed by atoms with Gasteiger partial charge in [-0.1, -0.05) is 11.6 Å². The lowest BCUT2D eigenvalue weighted by Gasteiger charge is -2.20. The molecule has 0 radical (unpaired) electrons. The van der Waals surface area contributed by atoms with Gasteiger partial charge in [0.25, 0.3) is 11.8 Å². The van der Waals surface area contributed by atoms with Crippen molar-refractivity contribution in [3.05, 3.63) is 41.2 Å². The number of nitrogens with zero attached hydrogens (tertiary/aromatic N) is 4. The number of halogens is 1. The average molecular weight is 377 g/mol. The molecule has 1 fully saturated rings. The third-order valence-corrected chi connectivity index (χ3v) is 4.41. The van der Waals surface area contributed by atoms with Gasteiger partial charge >= 0.3 is 0 Å². The second-order valence-electron chi connectivity index (χ2n) is 6.20. The molecule has 0 N–H and O–H groups in total. The summed E-state index contributed by atoms with van der Waals surface area (Å²) >= 11 is 6.04. The van der Waals surface area contributed by atoms with Crippen LogP contribution in [0, 0.1) is 0 Å². The number of hydrogen-bond donors (Lipinski definition) is 0. The number of hydrogen-bond acceptors (Lipinski definition) is 6. The van der Waals surface area contributed by atoms with Crippen LogP contribution < -0.4 is 14.4 Å². The van der Waals surface area contributed by atoms with Crippen molar-refractivity contribution < 1.29 is 14.3 Å². The van der Waals surface area contributed by atoms with Crippen LogP contribution in [0.2, 0.25) is 5.02 Å². The van der Waals surface area contributed by atoms with E-state index in [1.54, 1.807) is 35.5 Å². The second-order valence-corrected chi connectivity index (χ2v) is 6.64. The molecule has 1 aliphatic rings. The Kier molecular flexibility index (Phi) is 5.46. The maximum atomic E-state index is 12.8. The monoisotopic (exact) mass is 376 g/mol. The number of anilines is 1. The topological polar surface area (TPSA) is 67.8 Å². The van der Waals surface area contributed by atoms with Crippen LogP contribution in [-0.2, 0) is 0 Å². The lowest BCUT2D eigenvalue weighted by atomic mass is 10.1. The van der Waals surface area contributed by atoms with Crippen LogP contribution in [0.15, 0.2) is 30.6 Å². The smallest absolute Gasteiger partial charge is 0.257 e. The number of ether oxygens (including phenoxy) is 2. The summed E-state index contributed by atoms with van der Waals surface area (Å²) < 4.78 is 11.3. The highest BCUT2D eigenvalue weighted by Crippen LogP contribution is 2.28. The molecule has 8 heteroatoms. The zero-order chi connectivity index (χ0) is 18.7. The summed E-state index contributed by atoms with van der Waals surface area (Å²) in [5, 5.41) is 0.497.